The van der Waals surface area contributed by atoms with E-state index in [2.05, 4.69) is 0 Å². The van der Waals surface area contributed by atoms with E-state index >= 15 is 0 Å². The van der Waals surface area contributed by atoms with E-state index in [4.69, 9.17) is 4.55 Å². The Bertz CT molecular complexity index is 458. The average molecular weight is 261 g/mol. The largest absolute Gasteiger partial charge is 0.294 e. The molecule has 0 aliphatic heterocycles. The van der Waals surface area contributed by atoms with Crippen LogP contribution in [0.15, 0.2) is 29.2 Å². The molecule has 0 spiro atoms. The predicted molar refractivity (Wildman–Crippen MR) is 64.3 cm³/mol. The fourth-order valence-corrected chi connectivity index (χ4v) is 1.42. The fourth-order valence-electron chi connectivity index (χ4n) is 0.937. The average Bonchev–Trinajstić information content (AvgIpc) is 2.19. The quantitative estimate of drug-likeness (QED) is 0.652. The van der Waals surface area contributed by atoms with Gasteiger partial charge in [-0.2, -0.15) is 8.42 Å². The first kappa shape index (κ1) is 17.7. The number of hydrogen-bond donors (Lipinski definition) is 1. The van der Waals surface area contributed by atoms with E-state index in [1.807, 2.05) is 0 Å². The van der Waals surface area contributed by atoms with Gasteiger partial charge in [0.2, 0.25) is 12.8 Å². The van der Waals surface area contributed by atoms with Crippen molar-refractivity contribution < 1.29 is 22.6 Å². The van der Waals surface area contributed by atoms with Gasteiger partial charge in [-0.3, -0.25) is 19.0 Å². The maximum atomic E-state index is 10.7. The molecular formula is C10H15NO5S. The lowest BCUT2D eigenvalue weighted by atomic mass is 10.3. The van der Waals surface area contributed by atoms with Crippen LogP contribution in [0.4, 0.5) is 5.69 Å². The monoisotopic (exact) mass is 261 g/mol. The van der Waals surface area contributed by atoms with Crippen LogP contribution in [0.5, 0.6) is 0 Å². The van der Waals surface area contributed by atoms with E-state index in [9.17, 15) is 18.0 Å². The van der Waals surface area contributed by atoms with Gasteiger partial charge < -0.3 is 0 Å². The molecule has 7 heteroatoms. The van der Waals surface area contributed by atoms with Gasteiger partial charge in [0, 0.05) is 0 Å². The second kappa shape index (κ2) is 6.77. The summed E-state index contributed by atoms with van der Waals surface area (Å²) in [6.07, 6.45) is 0.574. The van der Waals surface area contributed by atoms with Crippen molar-refractivity contribution in [3.63, 3.8) is 0 Å². The highest BCUT2D eigenvalue weighted by atomic mass is 32.2. The Kier molecular flexibility index (Phi) is 7.03. The molecule has 0 radical (unpaired) electrons. The Balaban J connectivity index is 0. The first-order chi connectivity index (χ1) is 6.99. The lowest BCUT2D eigenvalue weighted by Crippen LogP contribution is -2.18. The zero-order valence-corrected chi connectivity index (χ0v) is 8.22. The van der Waals surface area contributed by atoms with Gasteiger partial charge in [0.05, 0.1) is 10.6 Å². The van der Waals surface area contributed by atoms with Crippen LogP contribution >= 0.6 is 0 Å². The maximum absolute atomic E-state index is 10.7. The Morgan fingerprint density at radius 3 is 1.71 bits per heavy atom. The molecule has 0 unspecified atom stereocenters. The molecule has 17 heavy (non-hydrogen) atoms. The predicted octanol–water partition coefficient (Wildman–Crippen LogP) is 1.32. The van der Waals surface area contributed by atoms with Crippen LogP contribution < -0.4 is 4.90 Å². The van der Waals surface area contributed by atoms with Crippen LogP contribution in [0.3, 0.4) is 0 Å². The standard InChI is InChI=1S/C8H7NO5S.2CH4/c10-5-9(6-11)7-1-3-8(4-2-7)15(12,13)14;;/h1-6H,(H,12,13,14);2*1H4. The lowest BCUT2D eigenvalue weighted by Gasteiger charge is -2.08. The molecule has 0 saturated heterocycles. The highest BCUT2D eigenvalue weighted by Crippen LogP contribution is 2.15. The number of hydrogen-bond acceptors (Lipinski definition) is 4. The molecule has 0 aromatic heterocycles. The maximum Gasteiger partial charge on any atom is 0.294 e. The third kappa shape index (κ3) is 4.33. The first-order valence-corrected chi connectivity index (χ1v) is 5.19. The number of nitrogens with zero attached hydrogens (tertiary/aromatic N) is 1. The number of benzene rings is 1. The topological polar surface area (TPSA) is 91.8 Å². The second-order valence-corrected chi connectivity index (χ2v) is 4.01. The Morgan fingerprint density at radius 2 is 1.41 bits per heavy atom. The van der Waals surface area contributed by atoms with E-state index < -0.39 is 10.1 Å². The van der Waals surface area contributed by atoms with Crippen molar-refractivity contribution in [1.82, 2.24) is 0 Å². The van der Waals surface area contributed by atoms with Gasteiger partial charge in [-0.15, -0.1) is 0 Å². The number of rotatable bonds is 4. The molecule has 6 nitrogen and oxygen atoms in total. The molecular weight excluding hydrogens is 246 g/mol. The van der Waals surface area contributed by atoms with Crippen LogP contribution in [-0.4, -0.2) is 25.8 Å². The molecule has 2 amide bonds. The van der Waals surface area contributed by atoms with Gasteiger partial charge >= 0.3 is 0 Å². The van der Waals surface area contributed by atoms with Crippen molar-refractivity contribution in [2.75, 3.05) is 4.90 Å². The van der Waals surface area contributed by atoms with Gasteiger partial charge in [-0.1, -0.05) is 14.9 Å². The zero-order chi connectivity index (χ0) is 11.5. The summed E-state index contributed by atoms with van der Waals surface area (Å²) < 4.78 is 30.0. The summed E-state index contributed by atoms with van der Waals surface area (Å²) in [5, 5.41) is 0. The number of imide groups is 1. The van der Waals surface area contributed by atoms with E-state index in [1.165, 1.54) is 12.1 Å². The van der Waals surface area contributed by atoms with Crippen molar-refractivity contribution in [1.29, 1.82) is 0 Å². The van der Waals surface area contributed by atoms with Gasteiger partial charge in [0.15, 0.2) is 0 Å². The summed E-state index contributed by atoms with van der Waals surface area (Å²) in [6.45, 7) is 0. The second-order valence-electron chi connectivity index (χ2n) is 2.59. The molecule has 1 aromatic carbocycles. The minimum absolute atomic E-state index is 0. The third-order valence-electron chi connectivity index (χ3n) is 1.66. The molecule has 0 heterocycles. The Morgan fingerprint density at radius 1 is 1.00 bits per heavy atom. The van der Waals surface area contributed by atoms with Gasteiger partial charge in [0.1, 0.15) is 0 Å². The van der Waals surface area contributed by atoms with E-state index in [0.29, 0.717) is 0 Å². The van der Waals surface area contributed by atoms with Crippen LogP contribution in [0, 0.1) is 0 Å². The first-order valence-electron chi connectivity index (χ1n) is 3.75. The fraction of sp³-hybridized carbons (Fsp3) is 0.200. The SMILES string of the molecule is C.C.O=CN(C=O)c1ccc(S(=O)(=O)O)cc1. The highest BCUT2D eigenvalue weighted by molar-refractivity contribution is 7.85. The van der Waals surface area contributed by atoms with Crippen molar-refractivity contribution >= 4 is 28.6 Å². The van der Waals surface area contributed by atoms with Crippen molar-refractivity contribution in [2.45, 2.75) is 19.7 Å². The Hall–Kier alpha value is -1.73. The van der Waals surface area contributed by atoms with Gasteiger partial charge in [-0.05, 0) is 24.3 Å². The highest BCUT2D eigenvalue weighted by Gasteiger charge is 2.10. The number of carbonyl (C=O) groups is 2. The Labute approximate surface area is 101 Å². The van der Waals surface area contributed by atoms with Gasteiger partial charge in [0.25, 0.3) is 10.1 Å². The minimum atomic E-state index is -4.25. The smallest absolute Gasteiger partial charge is 0.282 e. The molecule has 0 atom stereocenters. The molecule has 1 aromatic rings. The minimum Gasteiger partial charge on any atom is -0.282 e. The molecule has 0 bridgehead atoms. The van der Waals surface area contributed by atoms with E-state index in [1.54, 1.807) is 0 Å². The van der Waals surface area contributed by atoms with Gasteiger partial charge in [-0.25, -0.2) is 0 Å². The summed E-state index contributed by atoms with van der Waals surface area (Å²) in [4.78, 5) is 21.1. The number of anilines is 1. The zero-order valence-electron chi connectivity index (χ0n) is 7.40. The van der Waals surface area contributed by atoms with Crippen LogP contribution in [-0.2, 0) is 19.7 Å². The van der Waals surface area contributed by atoms with Crippen molar-refractivity contribution in [2.24, 2.45) is 0 Å². The molecule has 0 aliphatic rings. The van der Waals surface area contributed by atoms with Crippen LogP contribution in [0.2, 0.25) is 0 Å². The summed E-state index contributed by atoms with van der Waals surface area (Å²) in [6, 6.07) is 4.63. The molecule has 0 aliphatic carbocycles. The third-order valence-corrected chi connectivity index (χ3v) is 2.53. The van der Waals surface area contributed by atoms with E-state index in [0.717, 1.165) is 17.0 Å². The molecule has 0 fully saturated rings. The van der Waals surface area contributed by atoms with Crippen LogP contribution in [0.1, 0.15) is 14.9 Å². The molecule has 1 N–H and O–H groups in total. The van der Waals surface area contributed by atoms with E-state index in [-0.39, 0.29) is 38.3 Å². The number of carbonyl (C=O) groups excluding carboxylic acids is 2. The summed E-state index contributed by atoms with van der Waals surface area (Å²) >= 11 is 0. The normalized spacial score (nSPS) is 9.47. The summed E-state index contributed by atoms with van der Waals surface area (Å²) in [5.74, 6) is 0. The molecule has 1 rings (SSSR count). The van der Waals surface area contributed by atoms with Crippen molar-refractivity contribution in [3.05, 3.63) is 24.3 Å². The van der Waals surface area contributed by atoms with Crippen LogP contribution in [0.25, 0.3) is 0 Å². The molecule has 96 valence electrons. The summed E-state index contributed by atoms with van der Waals surface area (Å²) in [7, 11) is -4.25. The molecule has 0 saturated carbocycles. The van der Waals surface area contributed by atoms with Crippen molar-refractivity contribution in [3.8, 4) is 0 Å². The summed E-state index contributed by atoms with van der Waals surface area (Å²) in [5.41, 5.74) is 0.215. The lowest BCUT2D eigenvalue weighted by molar-refractivity contribution is -0.113. The number of amides is 2.